The van der Waals surface area contributed by atoms with Gasteiger partial charge >= 0.3 is 0 Å². The van der Waals surface area contributed by atoms with Crippen molar-refractivity contribution >= 4 is 5.69 Å². The summed E-state index contributed by atoms with van der Waals surface area (Å²) in [7, 11) is 2.15. The average Bonchev–Trinajstić information content (AvgIpc) is 2.85. The van der Waals surface area contributed by atoms with E-state index < -0.39 is 0 Å². The Labute approximate surface area is 110 Å². The van der Waals surface area contributed by atoms with Gasteiger partial charge in [-0.05, 0) is 32.0 Å². The number of likely N-dealkylation sites (N-methyl/N-ethyl adjacent to an activating group) is 2. The molecule has 1 aromatic rings. The number of hydrogen-bond acceptors (Lipinski definition) is 4. The molecule has 0 radical (unpaired) electrons. The maximum Gasteiger partial charge on any atom is 0.0440 e. The van der Waals surface area contributed by atoms with Gasteiger partial charge in [-0.15, -0.1) is 0 Å². The number of hydrogen-bond donors (Lipinski definition) is 1. The molecule has 2 N–H and O–H groups in total. The van der Waals surface area contributed by atoms with Gasteiger partial charge in [0.25, 0.3) is 0 Å². The molecule has 0 aromatic carbocycles. The van der Waals surface area contributed by atoms with Gasteiger partial charge < -0.3 is 10.6 Å². The van der Waals surface area contributed by atoms with E-state index >= 15 is 0 Å². The van der Waals surface area contributed by atoms with Gasteiger partial charge in [-0.2, -0.15) is 0 Å². The summed E-state index contributed by atoms with van der Waals surface area (Å²) in [6, 6.07) is 2.74. The van der Waals surface area contributed by atoms with Crippen LogP contribution in [0.3, 0.4) is 0 Å². The van der Waals surface area contributed by atoms with E-state index in [0.29, 0.717) is 12.6 Å². The minimum absolute atomic E-state index is 0.551. The van der Waals surface area contributed by atoms with E-state index in [1.807, 2.05) is 12.4 Å². The second-order valence-corrected chi connectivity index (χ2v) is 5.01. The van der Waals surface area contributed by atoms with Crippen LogP contribution < -0.4 is 10.6 Å². The Morgan fingerprint density at radius 3 is 3.11 bits per heavy atom. The highest BCUT2D eigenvalue weighted by atomic mass is 15.2. The highest BCUT2D eigenvalue weighted by molar-refractivity contribution is 5.51. The highest BCUT2D eigenvalue weighted by Crippen LogP contribution is 2.22. The van der Waals surface area contributed by atoms with E-state index in [4.69, 9.17) is 5.73 Å². The van der Waals surface area contributed by atoms with Crippen molar-refractivity contribution in [1.29, 1.82) is 0 Å². The van der Waals surface area contributed by atoms with E-state index in [9.17, 15) is 0 Å². The SMILES string of the molecule is CCN1CCCC1CN(C)c1ccncc1CN. The number of rotatable bonds is 5. The zero-order valence-corrected chi connectivity index (χ0v) is 11.5. The summed E-state index contributed by atoms with van der Waals surface area (Å²) >= 11 is 0. The minimum Gasteiger partial charge on any atom is -0.373 e. The fourth-order valence-electron chi connectivity index (χ4n) is 2.88. The lowest BCUT2D eigenvalue weighted by Crippen LogP contribution is -2.39. The molecule has 18 heavy (non-hydrogen) atoms. The molecule has 2 rings (SSSR count). The molecule has 0 saturated carbocycles. The lowest BCUT2D eigenvalue weighted by Gasteiger charge is -2.30. The second kappa shape index (κ2) is 6.16. The number of anilines is 1. The largest absolute Gasteiger partial charge is 0.373 e. The molecule has 1 atom stereocenters. The molecule has 0 amide bonds. The third-order valence-electron chi connectivity index (χ3n) is 3.90. The van der Waals surface area contributed by atoms with Crippen LogP contribution in [0.25, 0.3) is 0 Å². The summed E-state index contributed by atoms with van der Waals surface area (Å²) in [5.74, 6) is 0. The van der Waals surface area contributed by atoms with E-state index in [1.54, 1.807) is 0 Å². The van der Waals surface area contributed by atoms with Crippen molar-refractivity contribution in [3.8, 4) is 0 Å². The molecular weight excluding hydrogens is 224 g/mol. The van der Waals surface area contributed by atoms with Crippen molar-refractivity contribution in [3.63, 3.8) is 0 Å². The Balaban J connectivity index is 2.05. The van der Waals surface area contributed by atoms with Gasteiger partial charge in [0.15, 0.2) is 0 Å². The van der Waals surface area contributed by atoms with Gasteiger partial charge in [0, 0.05) is 49.8 Å². The van der Waals surface area contributed by atoms with E-state index in [1.165, 1.54) is 25.1 Å². The summed E-state index contributed by atoms with van der Waals surface area (Å²) in [5.41, 5.74) is 8.12. The van der Waals surface area contributed by atoms with Gasteiger partial charge in [-0.1, -0.05) is 6.92 Å². The van der Waals surface area contributed by atoms with E-state index in [-0.39, 0.29) is 0 Å². The molecule has 4 heteroatoms. The predicted molar refractivity (Wildman–Crippen MR) is 75.7 cm³/mol. The van der Waals surface area contributed by atoms with Crippen LogP contribution in [-0.2, 0) is 6.54 Å². The van der Waals surface area contributed by atoms with E-state index in [2.05, 4.69) is 34.8 Å². The van der Waals surface area contributed by atoms with Crippen LogP contribution in [0, 0.1) is 0 Å². The first-order valence-corrected chi connectivity index (χ1v) is 6.84. The lowest BCUT2D eigenvalue weighted by atomic mass is 10.1. The molecule has 1 fully saturated rings. The Morgan fingerprint density at radius 1 is 1.56 bits per heavy atom. The van der Waals surface area contributed by atoms with Crippen molar-refractivity contribution in [2.45, 2.75) is 32.4 Å². The Bertz CT molecular complexity index is 380. The van der Waals surface area contributed by atoms with Gasteiger partial charge in [0.05, 0.1) is 0 Å². The standard InChI is InChI=1S/C14H24N4/c1-3-18-8-4-5-13(18)11-17(2)14-6-7-16-10-12(14)9-15/h6-7,10,13H,3-5,8-9,11,15H2,1-2H3. The number of likely N-dealkylation sites (tertiary alicyclic amines) is 1. The first-order valence-electron chi connectivity index (χ1n) is 6.84. The van der Waals surface area contributed by atoms with Crippen molar-refractivity contribution in [1.82, 2.24) is 9.88 Å². The van der Waals surface area contributed by atoms with Gasteiger partial charge in [0.1, 0.15) is 0 Å². The first kappa shape index (κ1) is 13.3. The normalized spacial score (nSPS) is 20.3. The average molecular weight is 248 g/mol. The van der Waals surface area contributed by atoms with Gasteiger partial charge in [0.2, 0.25) is 0 Å². The van der Waals surface area contributed by atoms with Crippen LogP contribution in [-0.4, -0.2) is 42.6 Å². The third kappa shape index (κ3) is 2.82. The van der Waals surface area contributed by atoms with Gasteiger partial charge in [-0.25, -0.2) is 0 Å². The molecule has 1 aromatic heterocycles. The second-order valence-electron chi connectivity index (χ2n) is 5.01. The van der Waals surface area contributed by atoms with Crippen LogP contribution >= 0.6 is 0 Å². The number of nitrogens with two attached hydrogens (primary N) is 1. The molecular formula is C14H24N4. The predicted octanol–water partition coefficient (Wildman–Crippen LogP) is 1.46. The van der Waals surface area contributed by atoms with Crippen LogP contribution in [0.1, 0.15) is 25.3 Å². The van der Waals surface area contributed by atoms with Crippen LogP contribution in [0.2, 0.25) is 0 Å². The third-order valence-corrected chi connectivity index (χ3v) is 3.90. The molecule has 2 heterocycles. The molecule has 100 valence electrons. The monoisotopic (exact) mass is 248 g/mol. The highest BCUT2D eigenvalue weighted by Gasteiger charge is 2.24. The number of pyridine rings is 1. The molecule has 0 aliphatic carbocycles. The Kier molecular flexibility index (Phi) is 4.55. The molecule has 4 nitrogen and oxygen atoms in total. The summed E-state index contributed by atoms with van der Waals surface area (Å²) in [5, 5.41) is 0. The molecule has 1 aliphatic rings. The fourth-order valence-corrected chi connectivity index (χ4v) is 2.88. The Hall–Kier alpha value is -1.13. The molecule has 1 aliphatic heterocycles. The Morgan fingerprint density at radius 2 is 2.39 bits per heavy atom. The summed E-state index contributed by atoms with van der Waals surface area (Å²) in [6.07, 6.45) is 6.35. The zero-order valence-electron chi connectivity index (χ0n) is 11.5. The minimum atomic E-state index is 0.551. The quantitative estimate of drug-likeness (QED) is 0.857. The maximum absolute atomic E-state index is 5.77. The topological polar surface area (TPSA) is 45.4 Å². The summed E-state index contributed by atoms with van der Waals surface area (Å²) in [6.45, 7) is 6.27. The lowest BCUT2D eigenvalue weighted by molar-refractivity contribution is 0.270. The van der Waals surface area contributed by atoms with Crippen molar-refractivity contribution in [3.05, 3.63) is 24.0 Å². The molecule has 1 saturated heterocycles. The smallest absolute Gasteiger partial charge is 0.0440 e. The molecule has 1 unspecified atom stereocenters. The fraction of sp³-hybridized carbons (Fsp3) is 0.643. The molecule has 0 spiro atoms. The number of aromatic nitrogens is 1. The summed E-state index contributed by atoms with van der Waals surface area (Å²) in [4.78, 5) is 9.04. The number of nitrogens with zero attached hydrogens (tertiary/aromatic N) is 3. The van der Waals surface area contributed by atoms with Crippen LogP contribution in [0.15, 0.2) is 18.5 Å². The van der Waals surface area contributed by atoms with Crippen molar-refractivity contribution in [2.24, 2.45) is 5.73 Å². The van der Waals surface area contributed by atoms with Crippen LogP contribution in [0.4, 0.5) is 5.69 Å². The molecule has 0 bridgehead atoms. The van der Waals surface area contributed by atoms with Crippen LogP contribution in [0.5, 0.6) is 0 Å². The zero-order chi connectivity index (χ0) is 13.0. The van der Waals surface area contributed by atoms with Gasteiger partial charge in [-0.3, -0.25) is 9.88 Å². The van der Waals surface area contributed by atoms with E-state index in [0.717, 1.165) is 18.7 Å². The maximum atomic E-state index is 5.77. The van der Waals surface area contributed by atoms with Crippen molar-refractivity contribution < 1.29 is 0 Å². The van der Waals surface area contributed by atoms with Crippen molar-refractivity contribution in [2.75, 3.05) is 31.6 Å². The first-order chi connectivity index (χ1) is 8.76. The summed E-state index contributed by atoms with van der Waals surface area (Å²) < 4.78 is 0.